The van der Waals surface area contributed by atoms with Crippen molar-refractivity contribution in [2.75, 3.05) is 5.32 Å². The monoisotopic (exact) mass is 792 g/mol. The summed E-state index contributed by atoms with van der Waals surface area (Å²) in [5.41, 5.74) is 7.47. The van der Waals surface area contributed by atoms with Crippen LogP contribution in [0.25, 0.3) is 11.0 Å². The van der Waals surface area contributed by atoms with Crippen molar-refractivity contribution in [3.8, 4) is 0 Å². The summed E-state index contributed by atoms with van der Waals surface area (Å²) in [4.78, 5) is 18.8. The van der Waals surface area contributed by atoms with Crippen LogP contribution in [0.3, 0.4) is 0 Å². The molecule has 3 N–H and O–H groups in total. The molecule has 5 unspecified atom stereocenters. The van der Waals surface area contributed by atoms with Crippen LogP contribution < -0.4 is 10.0 Å². The normalized spacial score (nSPS) is 18.8. The van der Waals surface area contributed by atoms with Crippen LogP contribution in [0.5, 0.6) is 0 Å². The summed E-state index contributed by atoms with van der Waals surface area (Å²) >= 11 is 0. The van der Waals surface area contributed by atoms with E-state index in [1.807, 2.05) is 122 Å². The molecule has 8 rings (SSSR count). The molecule has 5 atom stereocenters. The lowest BCUT2D eigenvalue weighted by atomic mass is 9.83. The average molecular weight is 793 g/mol. The number of anilines is 1. The fraction of sp³-hybridized carbons (Fsp3) is 0.191. The maximum atomic E-state index is 14.1. The summed E-state index contributed by atoms with van der Waals surface area (Å²) in [5.74, 6) is -0.750. The molecule has 11 heteroatoms. The van der Waals surface area contributed by atoms with Crippen LogP contribution in [0.15, 0.2) is 169 Å². The number of hydrogen-bond acceptors (Lipinski definition) is 7. The van der Waals surface area contributed by atoms with E-state index in [4.69, 9.17) is 9.47 Å². The second kappa shape index (κ2) is 17.3. The number of carbonyl (C=O) groups is 1. The molecule has 1 fully saturated rings. The molecule has 1 saturated heterocycles. The zero-order chi connectivity index (χ0) is 40.1. The van der Waals surface area contributed by atoms with Gasteiger partial charge in [0.1, 0.15) is 6.04 Å². The van der Waals surface area contributed by atoms with E-state index in [-0.39, 0.29) is 23.8 Å². The van der Waals surface area contributed by atoms with E-state index >= 15 is 0 Å². The van der Waals surface area contributed by atoms with Gasteiger partial charge in [-0.3, -0.25) is 4.79 Å². The molecule has 294 valence electrons. The fourth-order valence-corrected chi connectivity index (χ4v) is 8.71. The third kappa shape index (κ3) is 8.79. The minimum atomic E-state index is -4.04. The molecule has 6 aromatic carbocycles. The number of para-hydroxylation sites is 2. The zero-order valence-electron chi connectivity index (χ0n) is 31.9. The Balaban J connectivity index is 1.11. The first kappa shape index (κ1) is 38.9. The number of fused-ring (bicyclic) bond motifs is 1. The van der Waals surface area contributed by atoms with Gasteiger partial charge in [-0.15, -0.1) is 0 Å². The van der Waals surface area contributed by atoms with Crippen molar-refractivity contribution in [3.05, 3.63) is 197 Å². The zero-order valence-corrected chi connectivity index (χ0v) is 32.7. The number of imidazole rings is 1. The number of aryl methyl sites for hydroxylation is 1. The molecule has 0 aliphatic carbocycles. The summed E-state index contributed by atoms with van der Waals surface area (Å²) in [6, 6.07) is 47.9. The first-order valence-corrected chi connectivity index (χ1v) is 20.7. The second-order valence-corrected chi connectivity index (χ2v) is 16.3. The Morgan fingerprint density at radius 3 is 2.19 bits per heavy atom. The van der Waals surface area contributed by atoms with Crippen molar-refractivity contribution in [1.29, 1.82) is 0 Å². The highest BCUT2D eigenvalue weighted by Crippen LogP contribution is 2.47. The van der Waals surface area contributed by atoms with E-state index in [1.165, 1.54) is 12.1 Å². The van der Waals surface area contributed by atoms with Gasteiger partial charge in [-0.25, -0.2) is 13.4 Å². The van der Waals surface area contributed by atoms with E-state index in [0.717, 1.165) is 38.9 Å². The van der Waals surface area contributed by atoms with E-state index in [0.29, 0.717) is 17.8 Å². The van der Waals surface area contributed by atoms with Crippen molar-refractivity contribution in [3.63, 3.8) is 0 Å². The lowest BCUT2D eigenvalue weighted by Gasteiger charge is -2.43. The molecule has 1 aromatic heterocycles. The van der Waals surface area contributed by atoms with Gasteiger partial charge >= 0.3 is 0 Å². The number of nitrogens with zero attached hydrogens (tertiary/aromatic N) is 2. The third-order valence-corrected chi connectivity index (χ3v) is 12.0. The van der Waals surface area contributed by atoms with Gasteiger partial charge in [-0.05, 0) is 72.0 Å². The van der Waals surface area contributed by atoms with E-state index in [2.05, 4.69) is 31.7 Å². The van der Waals surface area contributed by atoms with Crippen molar-refractivity contribution in [2.24, 2.45) is 0 Å². The Morgan fingerprint density at radius 2 is 1.45 bits per heavy atom. The number of benzene rings is 6. The molecule has 7 aromatic rings. The van der Waals surface area contributed by atoms with E-state index in [9.17, 15) is 18.3 Å². The van der Waals surface area contributed by atoms with Gasteiger partial charge in [-0.1, -0.05) is 127 Å². The standard InChI is InChI=1S/C47H44N4O6S/c1-32-19-25-39(26-20-32)58(54,55)50-41(27-33-11-4-2-5-12-33)46(53)49-38-16-10-15-37(28-38)47-56-43(29-51-31-48-40-17-8-9-18-42(40)51)44(35-13-6-3-7-14-35)45(57-47)36-23-21-34(30-52)22-24-36/h2-26,28,31,41,43-45,47,50,52H,27,29-30H2,1H3,(H,49,53). The van der Waals surface area contributed by atoms with Crippen LogP contribution in [0.4, 0.5) is 5.69 Å². The number of aromatic nitrogens is 2. The SMILES string of the molecule is Cc1ccc(S(=O)(=O)NC(Cc2ccccc2)C(=O)Nc2cccc(C3OC(Cn4cnc5ccccc54)C(c4ccccc4)C(c4ccc(CO)cc4)O3)c2)cc1. The summed E-state index contributed by atoms with van der Waals surface area (Å²) in [6.07, 6.45) is 0.262. The van der Waals surface area contributed by atoms with Gasteiger partial charge in [0.15, 0.2) is 6.29 Å². The highest BCUT2D eigenvalue weighted by Gasteiger charge is 2.42. The number of rotatable bonds is 13. The molecule has 10 nitrogen and oxygen atoms in total. The minimum absolute atomic E-state index is 0.0742. The summed E-state index contributed by atoms with van der Waals surface area (Å²) in [5, 5.41) is 12.8. The van der Waals surface area contributed by atoms with Gasteiger partial charge in [0.05, 0.1) is 47.6 Å². The Morgan fingerprint density at radius 1 is 0.759 bits per heavy atom. The smallest absolute Gasteiger partial charge is 0.242 e. The predicted octanol–water partition coefficient (Wildman–Crippen LogP) is 8.00. The molecular formula is C47H44N4O6S. The summed E-state index contributed by atoms with van der Waals surface area (Å²) in [6.45, 7) is 2.28. The largest absolute Gasteiger partial charge is 0.392 e. The van der Waals surface area contributed by atoms with E-state index < -0.39 is 40.5 Å². The van der Waals surface area contributed by atoms with Crippen molar-refractivity contribution < 1.29 is 27.8 Å². The second-order valence-electron chi connectivity index (χ2n) is 14.6. The van der Waals surface area contributed by atoms with Crippen molar-refractivity contribution in [2.45, 2.75) is 61.8 Å². The molecular weight excluding hydrogens is 749 g/mol. The van der Waals surface area contributed by atoms with Crippen LogP contribution in [0.1, 0.15) is 51.7 Å². The fourth-order valence-electron chi connectivity index (χ4n) is 7.52. The molecule has 2 heterocycles. The van der Waals surface area contributed by atoms with Crippen molar-refractivity contribution in [1.82, 2.24) is 14.3 Å². The lowest BCUT2D eigenvalue weighted by Crippen LogP contribution is -2.45. The number of amides is 1. The van der Waals surface area contributed by atoms with Gasteiger partial charge in [-0.2, -0.15) is 4.72 Å². The number of ether oxygens (including phenoxy) is 2. The predicted molar refractivity (Wildman–Crippen MR) is 223 cm³/mol. The number of carbonyl (C=O) groups excluding carboxylic acids is 1. The van der Waals surface area contributed by atoms with Crippen LogP contribution in [-0.2, 0) is 43.9 Å². The molecule has 0 spiro atoms. The maximum absolute atomic E-state index is 14.1. The third-order valence-electron chi connectivity index (χ3n) is 10.5. The molecule has 1 amide bonds. The van der Waals surface area contributed by atoms with Crippen LogP contribution in [-0.4, -0.2) is 41.1 Å². The topological polar surface area (TPSA) is 132 Å². The van der Waals surface area contributed by atoms with Crippen LogP contribution >= 0.6 is 0 Å². The first-order chi connectivity index (χ1) is 28.2. The number of aliphatic hydroxyl groups is 1. The van der Waals surface area contributed by atoms with Gasteiger partial charge in [0.2, 0.25) is 15.9 Å². The number of nitrogens with one attached hydrogen (secondary N) is 2. The Hall–Kier alpha value is -5.95. The summed E-state index contributed by atoms with van der Waals surface area (Å²) in [7, 11) is -4.04. The molecule has 0 bridgehead atoms. The quantitative estimate of drug-likeness (QED) is 0.108. The van der Waals surface area contributed by atoms with Crippen LogP contribution in [0, 0.1) is 6.92 Å². The molecule has 0 saturated carbocycles. The van der Waals surface area contributed by atoms with Gasteiger partial charge in [0.25, 0.3) is 0 Å². The Kier molecular flexibility index (Phi) is 11.6. The Bertz CT molecular complexity index is 2580. The van der Waals surface area contributed by atoms with Gasteiger partial charge < -0.3 is 24.5 Å². The summed E-state index contributed by atoms with van der Waals surface area (Å²) < 4.78 is 45.7. The first-order valence-electron chi connectivity index (χ1n) is 19.2. The van der Waals surface area contributed by atoms with Crippen LogP contribution in [0.2, 0.25) is 0 Å². The highest BCUT2D eigenvalue weighted by atomic mass is 32.2. The highest BCUT2D eigenvalue weighted by molar-refractivity contribution is 7.89. The van der Waals surface area contributed by atoms with Crippen molar-refractivity contribution >= 4 is 32.7 Å². The maximum Gasteiger partial charge on any atom is 0.242 e. The number of aliphatic hydroxyl groups excluding tert-OH is 1. The van der Waals surface area contributed by atoms with Gasteiger partial charge in [0, 0.05) is 17.2 Å². The molecule has 1 aliphatic heterocycles. The minimum Gasteiger partial charge on any atom is -0.392 e. The average Bonchev–Trinajstić information content (AvgIpc) is 3.66. The lowest BCUT2D eigenvalue weighted by molar-refractivity contribution is -0.263. The number of hydrogen-bond donors (Lipinski definition) is 3. The number of sulfonamides is 1. The van der Waals surface area contributed by atoms with E-state index in [1.54, 1.807) is 24.3 Å². The molecule has 58 heavy (non-hydrogen) atoms. The Labute approximate surface area is 338 Å². The molecule has 0 radical (unpaired) electrons. The molecule has 1 aliphatic rings.